The zero-order chi connectivity index (χ0) is 13.8. The number of aryl methyl sites for hydroxylation is 1. The molecular formula is C16H17NO2. The van der Waals surface area contributed by atoms with E-state index in [1.54, 1.807) is 6.07 Å². The Labute approximate surface area is 113 Å². The van der Waals surface area contributed by atoms with E-state index >= 15 is 0 Å². The molecule has 0 aliphatic rings. The average molecular weight is 255 g/mol. The lowest BCUT2D eigenvalue weighted by Crippen LogP contribution is -1.97. The maximum absolute atomic E-state index is 10.7. The Kier molecular flexibility index (Phi) is 3.95. The molecular weight excluding hydrogens is 238 g/mol. The van der Waals surface area contributed by atoms with Crippen molar-refractivity contribution in [3.8, 4) is 11.6 Å². The van der Waals surface area contributed by atoms with Gasteiger partial charge in [-0.15, -0.1) is 0 Å². The van der Waals surface area contributed by atoms with Crippen molar-refractivity contribution in [3.63, 3.8) is 0 Å². The summed E-state index contributed by atoms with van der Waals surface area (Å²) in [6, 6.07) is 9.70. The van der Waals surface area contributed by atoms with Crippen molar-refractivity contribution in [2.24, 2.45) is 0 Å². The number of rotatable bonds is 4. The molecule has 1 heterocycles. The summed E-state index contributed by atoms with van der Waals surface area (Å²) in [5.74, 6) is 1.73. The molecule has 0 bridgehead atoms. The van der Waals surface area contributed by atoms with Crippen LogP contribution in [0.4, 0.5) is 0 Å². The Balaban J connectivity index is 2.34. The Morgan fingerprint density at radius 2 is 2.00 bits per heavy atom. The molecule has 1 aromatic carbocycles. The number of hydrogen-bond donors (Lipinski definition) is 0. The number of aromatic nitrogens is 1. The van der Waals surface area contributed by atoms with Crippen LogP contribution in [0, 0.1) is 6.92 Å². The highest BCUT2D eigenvalue weighted by Crippen LogP contribution is 2.30. The second-order valence-electron chi connectivity index (χ2n) is 4.80. The number of nitrogens with zero attached hydrogens (tertiary/aromatic N) is 1. The largest absolute Gasteiger partial charge is 0.438 e. The summed E-state index contributed by atoms with van der Waals surface area (Å²) in [5.41, 5.74) is 2.55. The minimum absolute atomic E-state index is 0.380. The van der Waals surface area contributed by atoms with Crippen LogP contribution in [-0.4, -0.2) is 11.3 Å². The summed E-state index contributed by atoms with van der Waals surface area (Å²) in [6.07, 6.45) is 2.30. The highest BCUT2D eigenvalue weighted by atomic mass is 16.5. The van der Waals surface area contributed by atoms with Gasteiger partial charge in [0, 0.05) is 17.3 Å². The van der Waals surface area contributed by atoms with Gasteiger partial charge in [-0.05, 0) is 30.5 Å². The van der Waals surface area contributed by atoms with Crippen LogP contribution in [0.3, 0.4) is 0 Å². The fraction of sp³-hybridized carbons (Fsp3) is 0.250. The van der Waals surface area contributed by atoms with Gasteiger partial charge in [-0.3, -0.25) is 4.79 Å². The van der Waals surface area contributed by atoms with E-state index in [1.807, 2.05) is 25.1 Å². The topological polar surface area (TPSA) is 39.2 Å². The Morgan fingerprint density at radius 1 is 1.26 bits per heavy atom. The third kappa shape index (κ3) is 2.99. The van der Waals surface area contributed by atoms with Crippen LogP contribution < -0.4 is 4.74 Å². The lowest BCUT2D eigenvalue weighted by molar-refractivity contribution is 0.112. The van der Waals surface area contributed by atoms with Crippen molar-refractivity contribution < 1.29 is 9.53 Å². The van der Waals surface area contributed by atoms with E-state index in [0.29, 0.717) is 17.4 Å². The quantitative estimate of drug-likeness (QED) is 0.771. The molecule has 0 aliphatic carbocycles. The molecule has 0 amide bonds. The number of carbonyl (C=O) groups is 1. The molecule has 3 nitrogen and oxygen atoms in total. The Hall–Kier alpha value is -2.16. The van der Waals surface area contributed by atoms with Gasteiger partial charge in [-0.25, -0.2) is 4.98 Å². The first-order chi connectivity index (χ1) is 9.11. The zero-order valence-corrected chi connectivity index (χ0v) is 11.4. The van der Waals surface area contributed by atoms with Crippen LogP contribution in [0.15, 0.2) is 36.5 Å². The van der Waals surface area contributed by atoms with Crippen molar-refractivity contribution in [3.05, 3.63) is 53.2 Å². The predicted octanol–water partition coefficient (Wildman–Crippen LogP) is 4.12. The van der Waals surface area contributed by atoms with Crippen LogP contribution in [-0.2, 0) is 0 Å². The summed E-state index contributed by atoms with van der Waals surface area (Å²) in [5, 5.41) is 0. The first kappa shape index (κ1) is 13.3. The maximum Gasteiger partial charge on any atom is 0.222 e. The SMILES string of the molecule is Cc1cc(C=O)cnc1Oc1ccccc1C(C)C. The Bertz CT molecular complexity index is 591. The number of pyridine rings is 1. The number of para-hydroxylation sites is 1. The molecule has 0 radical (unpaired) electrons. The van der Waals surface area contributed by atoms with E-state index < -0.39 is 0 Å². The first-order valence-corrected chi connectivity index (χ1v) is 6.30. The molecule has 1 aromatic heterocycles. The van der Waals surface area contributed by atoms with Gasteiger partial charge in [-0.1, -0.05) is 32.0 Å². The molecule has 0 spiro atoms. The molecule has 2 aromatic rings. The highest BCUT2D eigenvalue weighted by molar-refractivity contribution is 5.74. The minimum Gasteiger partial charge on any atom is -0.438 e. The first-order valence-electron chi connectivity index (χ1n) is 6.30. The molecule has 0 N–H and O–H groups in total. The summed E-state index contributed by atoms with van der Waals surface area (Å²) in [4.78, 5) is 14.9. The lowest BCUT2D eigenvalue weighted by atomic mass is 10.0. The van der Waals surface area contributed by atoms with Crippen molar-refractivity contribution in [1.82, 2.24) is 4.98 Å². The molecule has 3 heteroatoms. The number of ether oxygens (including phenoxy) is 1. The van der Waals surface area contributed by atoms with Gasteiger partial charge < -0.3 is 4.74 Å². The number of hydrogen-bond acceptors (Lipinski definition) is 3. The predicted molar refractivity (Wildman–Crippen MR) is 75.0 cm³/mol. The third-order valence-electron chi connectivity index (χ3n) is 2.94. The van der Waals surface area contributed by atoms with E-state index in [9.17, 15) is 4.79 Å². The van der Waals surface area contributed by atoms with E-state index in [0.717, 1.165) is 23.2 Å². The fourth-order valence-electron chi connectivity index (χ4n) is 1.91. The van der Waals surface area contributed by atoms with Crippen molar-refractivity contribution in [1.29, 1.82) is 0 Å². The smallest absolute Gasteiger partial charge is 0.222 e. The van der Waals surface area contributed by atoms with Crippen LogP contribution >= 0.6 is 0 Å². The van der Waals surface area contributed by atoms with Gasteiger partial charge in [-0.2, -0.15) is 0 Å². The van der Waals surface area contributed by atoms with Crippen LogP contribution in [0.5, 0.6) is 11.6 Å². The number of carbonyl (C=O) groups excluding carboxylic acids is 1. The minimum atomic E-state index is 0.380. The summed E-state index contributed by atoms with van der Waals surface area (Å²) < 4.78 is 5.87. The highest BCUT2D eigenvalue weighted by Gasteiger charge is 2.10. The Morgan fingerprint density at radius 3 is 2.63 bits per heavy atom. The average Bonchev–Trinajstić information content (AvgIpc) is 2.41. The second kappa shape index (κ2) is 5.65. The summed E-state index contributed by atoms with van der Waals surface area (Å²) >= 11 is 0. The molecule has 0 unspecified atom stereocenters. The van der Waals surface area contributed by atoms with Crippen molar-refractivity contribution in [2.45, 2.75) is 26.7 Å². The molecule has 0 saturated heterocycles. The second-order valence-corrected chi connectivity index (χ2v) is 4.80. The van der Waals surface area contributed by atoms with Crippen LogP contribution in [0.25, 0.3) is 0 Å². The lowest BCUT2D eigenvalue weighted by Gasteiger charge is -2.14. The third-order valence-corrected chi connectivity index (χ3v) is 2.94. The van der Waals surface area contributed by atoms with E-state index in [4.69, 9.17) is 4.74 Å². The molecule has 0 fully saturated rings. The van der Waals surface area contributed by atoms with Crippen LogP contribution in [0.2, 0.25) is 0 Å². The normalized spacial score (nSPS) is 10.5. The molecule has 2 rings (SSSR count). The van der Waals surface area contributed by atoms with Gasteiger partial charge in [0.05, 0.1) is 0 Å². The number of aldehydes is 1. The standard InChI is InChI=1S/C16H17NO2/c1-11(2)14-6-4-5-7-15(14)19-16-12(3)8-13(10-18)9-17-16/h4-11H,1-3H3. The summed E-state index contributed by atoms with van der Waals surface area (Å²) in [7, 11) is 0. The molecule has 0 atom stereocenters. The van der Waals surface area contributed by atoms with E-state index in [2.05, 4.69) is 24.9 Å². The fourth-order valence-corrected chi connectivity index (χ4v) is 1.91. The monoisotopic (exact) mass is 255 g/mol. The van der Waals surface area contributed by atoms with Crippen molar-refractivity contribution in [2.75, 3.05) is 0 Å². The molecule has 98 valence electrons. The van der Waals surface area contributed by atoms with Crippen molar-refractivity contribution >= 4 is 6.29 Å². The van der Waals surface area contributed by atoms with E-state index in [1.165, 1.54) is 6.20 Å². The van der Waals surface area contributed by atoms with Gasteiger partial charge in [0.2, 0.25) is 5.88 Å². The molecule has 19 heavy (non-hydrogen) atoms. The number of benzene rings is 1. The van der Waals surface area contributed by atoms with Gasteiger partial charge in [0.15, 0.2) is 6.29 Å². The maximum atomic E-state index is 10.7. The molecule has 0 saturated carbocycles. The van der Waals surface area contributed by atoms with Gasteiger partial charge >= 0.3 is 0 Å². The van der Waals surface area contributed by atoms with E-state index in [-0.39, 0.29) is 0 Å². The van der Waals surface area contributed by atoms with Gasteiger partial charge in [0.1, 0.15) is 5.75 Å². The molecule has 0 aliphatic heterocycles. The van der Waals surface area contributed by atoms with Crippen LogP contribution in [0.1, 0.15) is 41.3 Å². The zero-order valence-electron chi connectivity index (χ0n) is 11.4. The summed E-state index contributed by atoms with van der Waals surface area (Å²) in [6.45, 7) is 6.13. The van der Waals surface area contributed by atoms with Gasteiger partial charge in [0.25, 0.3) is 0 Å².